The lowest BCUT2D eigenvalue weighted by Gasteiger charge is -2.10. The molecular formula is C17H16F3N5O2. The van der Waals surface area contributed by atoms with Gasteiger partial charge in [-0.3, -0.25) is 9.97 Å². The summed E-state index contributed by atoms with van der Waals surface area (Å²) in [5.41, 5.74) is 7.48. The van der Waals surface area contributed by atoms with Crippen molar-refractivity contribution in [1.29, 1.82) is 0 Å². The third kappa shape index (κ3) is 5.61. The molecule has 0 amide bonds. The van der Waals surface area contributed by atoms with Crippen LogP contribution in [0.4, 0.5) is 19.0 Å². The van der Waals surface area contributed by atoms with Crippen molar-refractivity contribution in [2.45, 2.75) is 6.18 Å². The van der Waals surface area contributed by atoms with E-state index in [0.717, 1.165) is 27.8 Å². The smallest absolute Gasteiger partial charge is 0.475 e. The molecule has 142 valence electrons. The second kappa shape index (κ2) is 8.90. The van der Waals surface area contributed by atoms with Gasteiger partial charge in [-0.25, -0.2) is 9.78 Å². The number of nitrogens with zero attached hydrogens (tertiary/aromatic N) is 3. The van der Waals surface area contributed by atoms with Crippen LogP contribution in [0.2, 0.25) is 0 Å². The molecular weight excluding hydrogens is 363 g/mol. The summed E-state index contributed by atoms with van der Waals surface area (Å²) in [4.78, 5) is 21.8. The van der Waals surface area contributed by atoms with Crippen LogP contribution in [0.5, 0.6) is 0 Å². The molecule has 0 saturated heterocycles. The fourth-order valence-corrected chi connectivity index (χ4v) is 2.09. The Balaban J connectivity index is 0.000000321. The van der Waals surface area contributed by atoms with Gasteiger partial charge in [0, 0.05) is 54.2 Å². The Morgan fingerprint density at radius 2 is 1.78 bits per heavy atom. The van der Waals surface area contributed by atoms with Gasteiger partial charge in [0.2, 0.25) is 0 Å². The standard InChI is InChI=1S/C15H15N5.C2HF3O2/c16-4-8-19-15-13-3-7-18-10-12(13)9-14(20-15)11-1-5-17-6-2-11;3-2(4,5)1(6)7/h1-3,5-7,9-10H,4,8,16H2,(H,19,20);(H,6,7). The van der Waals surface area contributed by atoms with E-state index in [0.29, 0.717) is 13.1 Å². The zero-order valence-corrected chi connectivity index (χ0v) is 13.9. The average Bonchev–Trinajstić information content (AvgIpc) is 2.66. The first-order valence-corrected chi connectivity index (χ1v) is 7.72. The molecule has 0 atom stereocenters. The number of anilines is 1. The van der Waals surface area contributed by atoms with Crippen molar-refractivity contribution in [3.05, 3.63) is 49.1 Å². The first-order chi connectivity index (χ1) is 12.8. The number of carbonyl (C=O) groups is 1. The van der Waals surface area contributed by atoms with Gasteiger partial charge in [-0.1, -0.05) is 0 Å². The number of carboxylic acid groups (broad SMARTS) is 1. The van der Waals surface area contributed by atoms with Crippen LogP contribution in [-0.2, 0) is 4.79 Å². The minimum atomic E-state index is -5.08. The van der Waals surface area contributed by atoms with E-state index < -0.39 is 12.1 Å². The summed E-state index contributed by atoms with van der Waals surface area (Å²) in [6.45, 7) is 1.25. The number of hydrogen-bond acceptors (Lipinski definition) is 6. The van der Waals surface area contributed by atoms with Crippen LogP contribution in [0.15, 0.2) is 49.1 Å². The molecule has 4 N–H and O–H groups in total. The Morgan fingerprint density at radius 1 is 1.15 bits per heavy atom. The summed E-state index contributed by atoms with van der Waals surface area (Å²) in [6, 6.07) is 7.87. The van der Waals surface area contributed by atoms with Crippen LogP contribution in [0.3, 0.4) is 0 Å². The molecule has 27 heavy (non-hydrogen) atoms. The van der Waals surface area contributed by atoms with E-state index in [1.165, 1.54) is 0 Å². The van der Waals surface area contributed by atoms with Crippen molar-refractivity contribution < 1.29 is 23.1 Å². The second-order valence-electron chi connectivity index (χ2n) is 5.21. The first kappa shape index (κ1) is 20.0. The molecule has 0 saturated carbocycles. The summed E-state index contributed by atoms with van der Waals surface area (Å²) in [5, 5.41) is 12.5. The lowest BCUT2D eigenvalue weighted by Crippen LogP contribution is -2.21. The number of rotatable bonds is 4. The summed E-state index contributed by atoms with van der Waals surface area (Å²) >= 11 is 0. The summed E-state index contributed by atoms with van der Waals surface area (Å²) < 4.78 is 31.7. The number of hydrogen-bond donors (Lipinski definition) is 3. The zero-order chi connectivity index (χ0) is 19.9. The quantitative estimate of drug-likeness (QED) is 0.638. The number of fused-ring (bicyclic) bond motifs is 1. The Labute approximate surface area is 152 Å². The van der Waals surface area contributed by atoms with Gasteiger partial charge in [0.15, 0.2) is 0 Å². The maximum atomic E-state index is 10.6. The fourth-order valence-electron chi connectivity index (χ4n) is 2.09. The number of nitrogens with one attached hydrogen (secondary N) is 1. The predicted octanol–water partition coefficient (Wildman–Crippen LogP) is 2.70. The maximum Gasteiger partial charge on any atom is 0.490 e. The Hall–Kier alpha value is -3.27. The van der Waals surface area contributed by atoms with Gasteiger partial charge in [0.05, 0.1) is 5.69 Å². The van der Waals surface area contributed by atoms with Crippen LogP contribution in [-0.4, -0.2) is 45.3 Å². The SMILES string of the molecule is NCCNc1nc(-c2ccncc2)cc2cnccc12.O=C(O)C(F)(F)F. The molecule has 0 aliphatic rings. The van der Waals surface area contributed by atoms with E-state index in [2.05, 4.69) is 20.3 Å². The summed E-state index contributed by atoms with van der Waals surface area (Å²) in [7, 11) is 0. The number of nitrogens with two attached hydrogens (primary N) is 1. The molecule has 3 rings (SSSR count). The van der Waals surface area contributed by atoms with Gasteiger partial charge in [0.25, 0.3) is 0 Å². The van der Waals surface area contributed by atoms with Crippen LogP contribution in [0, 0.1) is 0 Å². The summed E-state index contributed by atoms with van der Waals surface area (Å²) in [5.74, 6) is -1.92. The molecule has 0 unspecified atom stereocenters. The average molecular weight is 379 g/mol. The van der Waals surface area contributed by atoms with Gasteiger partial charge >= 0.3 is 12.1 Å². The molecule has 0 fully saturated rings. The van der Waals surface area contributed by atoms with Gasteiger partial charge in [0.1, 0.15) is 5.82 Å². The number of halogens is 3. The van der Waals surface area contributed by atoms with Gasteiger partial charge in [-0.2, -0.15) is 13.2 Å². The molecule has 0 radical (unpaired) electrons. The van der Waals surface area contributed by atoms with Crippen molar-refractivity contribution in [2.75, 3.05) is 18.4 Å². The van der Waals surface area contributed by atoms with E-state index in [9.17, 15) is 13.2 Å². The Bertz CT molecular complexity index is 904. The van der Waals surface area contributed by atoms with Crippen molar-refractivity contribution in [3.63, 3.8) is 0 Å². The van der Waals surface area contributed by atoms with Crippen molar-refractivity contribution in [3.8, 4) is 11.3 Å². The van der Waals surface area contributed by atoms with E-state index in [1.54, 1.807) is 18.6 Å². The van der Waals surface area contributed by atoms with Crippen molar-refractivity contribution >= 4 is 22.6 Å². The minimum absolute atomic E-state index is 0.563. The highest BCUT2D eigenvalue weighted by molar-refractivity contribution is 5.93. The maximum absolute atomic E-state index is 10.6. The number of aromatic nitrogens is 3. The highest BCUT2D eigenvalue weighted by Crippen LogP contribution is 2.26. The molecule has 3 aromatic rings. The molecule has 3 heterocycles. The molecule has 10 heteroatoms. The van der Waals surface area contributed by atoms with Gasteiger partial charge in [-0.15, -0.1) is 0 Å². The molecule has 0 spiro atoms. The van der Waals surface area contributed by atoms with Crippen LogP contribution < -0.4 is 11.1 Å². The highest BCUT2D eigenvalue weighted by Gasteiger charge is 2.38. The van der Waals surface area contributed by atoms with E-state index in [1.807, 2.05) is 30.5 Å². The normalized spacial score (nSPS) is 10.8. The zero-order valence-electron chi connectivity index (χ0n) is 13.9. The highest BCUT2D eigenvalue weighted by atomic mass is 19.4. The first-order valence-electron chi connectivity index (χ1n) is 7.72. The van der Waals surface area contributed by atoms with E-state index >= 15 is 0 Å². The molecule has 0 bridgehead atoms. The van der Waals surface area contributed by atoms with Gasteiger partial charge in [-0.05, 0) is 24.3 Å². The monoisotopic (exact) mass is 379 g/mol. The molecule has 0 aliphatic heterocycles. The van der Waals surface area contributed by atoms with E-state index in [4.69, 9.17) is 15.6 Å². The number of pyridine rings is 3. The lowest BCUT2D eigenvalue weighted by molar-refractivity contribution is -0.192. The van der Waals surface area contributed by atoms with Crippen LogP contribution in [0.1, 0.15) is 0 Å². The largest absolute Gasteiger partial charge is 0.490 e. The molecule has 0 aliphatic carbocycles. The molecule has 7 nitrogen and oxygen atoms in total. The minimum Gasteiger partial charge on any atom is -0.475 e. The van der Waals surface area contributed by atoms with Crippen LogP contribution >= 0.6 is 0 Å². The topological polar surface area (TPSA) is 114 Å². The number of alkyl halides is 3. The van der Waals surface area contributed by atoms with E-state index in [-0.39, 0.29) is 0 Å². The predicted molar refractivity (Wildman–Crippen MR) is 94.0 cm³/mol. The number of aliphatic carboxylic acids is 1. The van der Waals surface area contributed by atoms with Crippen LogP contribution in [0.25, 0.3) is 22.0 Å². The van der Waals surface area contributed by atoms with Crippen molar-refractivity contribution in [2.24, 2.45) is 5.73 Å². The van der Waals surface area contributed by atoms with Crippen molar-refractivity contribution in [1.82, 2.24) is 15.0 Å². The number of carboxylic acids is 1. The Morgan fingerprint density at radius 3 is 2.37 bits per heavy atom. The Kier molecular flexibility index (Phi) is 6.61. The van der Waals surface area contributed by atoms with Gasteiger partial charge < -0.3 is 16.2 Å². The molecule has 0 aromatic carbocycles. The second-order valence-corrected chi connectivity index (χ2v) is 5.21. The third-order valence-corrected chi connectivity index (χ3v) is 3.29. The fraction of sp³-hybridized carbons (Fsp3) is 0.176. The lowest BCUT2D eigenvalue weighted by atomic mass is 10.1. The third-order valence-electron chi connectivity index (χ3n) is 3.29. The summed E-state index contributed by atoms with van der Waals surface area (Å²) in [6.07, 6.45) is 2.05. The molecule has 3 aromatic heterocycles.